The highest BCUT2D eigenvalue weighted by molar-refractivity contribution is 6.30. The van der Waals surface area contributed by atoms with Gasteiger partial charge in [-0.1, -0.05) is 11.6 Å². The maximum Gasteiger partial charge on any atom is 0.310 e. The molecule has 3 saturated heterocycles. The normalized spacial score (nSPS) is 31.4. The number of hydrogen-bond donors (Lipinski definition) is 1. The third-order valence-corrected chi connectivity index (χ3v) is 5.88. The number of piperazine rings is 1. The lowest BCUT2D eigenvalue weighted by Crippen LogP contribution is -2.53. The van der Waals surface area contributed by atoms with Gasteiger partial charge in [-0.2, -0.15) is 0 Å². The Morgan fingerprint density at radius 2 is 1.60 bits per heavy atom. The van der Waals surface area contributed by atoms with Crippen LogP contribution < -0.4 is 4.90 Å². The van der Waals surface area contributed by atoms with Crippen LogP contribution in [0.2, 0.25) is 5.02 Å². The molecule has 2 bridgehead atoms. The number of rotatable bonds is 3. The van der Waals surface area contributed by atoms with E-state index in [9.17, 15) is 14.7 Å². The monoisotopic (exact) mass is 364 g/mol. The summed E-state index contributed by atoms with van der Waals surface area (Å²) in [7, 11) is 0. The van der Waals surface area contributed by atoms with Crippen LogP contribution in [0.4, 0.5) is 5.69 Å². The second-order valence-corrected chi connectivity index (χ2v) is 7.41. The Balaban J connectivity index is 1.41. The number of fused-ring (bicyclic) bond motifs is 2. The Bertz CT molecular complexity index is 672. The van der Waals surface area contributed by atoms with Gasteiger partial charge in [-0.05, 0) is 37.1 Å². The van der Waals surface area contributed by atoms with E-state index in [1.807, 2.05) is 24.3 Å². The molecule has 3 fully saturated rings. The van der Waals surface area contributed by atoms with Gasteiger partial charge in [0.25, 0.3) is 0 Å². The smallest absolute Gasteiger partial charge is 0.310 e. The van der Waals surface area contributed by atoms with Crippen molar-refractivity contribution in [2.45, 2.75) is 25.0 Å². The Labute approximate surface area is 151 Å². The molecule has 1 aromatic rings. The van der Waals surface area contributed by atoms with Crippen molar-refractivity contribution >= 4 is 29.2 Å². The van der Waals surface area contributed by atoms with Crippen LogP contribution in [0.3, 0.4) is 0 Å². The van der Waals surface area contributed by atoms with Gasteiger partial charge in [-0.15, -0.1) is 0 Å². The second kappa shape index (κ2) is 6.50. The average molecular weight is 365 g/mol. The maximum absolute atomic E-state index is 12.9. The summed E-state index contributed by atoms with van der Waals surface area (Å²) in [5.74, 6) is -2.19. The predicted molar refractivity (Wildman–Crippen MR) is 92.8 cm³/mol. The molecule has 1 aromatic carbocycles. The zero-order valence-electron chi connectivity index (χ0n) is 13.8. The van der Waals surface area contributed by atoms with Crippen molar-refractivity contribution in [3.63, 3.8) is 0 Å². The van der Waals surface area contributed by atoms with E-state index in [-0.39, 0.29) is 18.1 Å². The number of ether oxygens (including phenoxy) is 1. The highest BCUT2D eigenvalue weighted by Gasteiger charge is 2.56. The van der Waals surface area contributed by atoms with Crippen LogP contribution >= 0.6 is 11.6 Å². The second-order valence-electron chi connectivity index (χ2n) is 6.97. The fourth-order valence-corrected chi connectivity index (χ4v) is 4.48. The minimum Gasteiger partial charge on any atom is -0.481 e. The number of benzene rings is 1. The van der Waals surface area contributed by atoms with Crippen molar-refractivity contribution in [1.82, 2.24) is 4.90 Å². The first-order valence-corrected chi connectivity index (χ1v) is 9.10. The van der Waals surface area contributed by atoms with Gasteiger partial charge >= 0.3 is 5.97 Å². The number of hydrogen-bond acceptors (Lipinski definition) is 4. The fraction of sp³-hybridized carbons (Fsp3) is 0.556. The molecule has 0 unspecified atom stereocenters. The molecule has 0 aromatic heterocycles. The number of carboxylic acids is 1. The number of amides is 1. The molecule has 4 atom stereocenters. The molecule has 0 saturated carbocycles. The summed E-state index contributed by atoms with van der Waals surface area (Å²) >= 11 is 5.93. The third kappa shape index (κ3) is 2.98. The van der Waals surface area contributed by atoms with Crippen LogP contribution in [-0.4, -0.2) is 60.3 Å². The number of carbonyl (C=O) groups excluding carboxylic acids is 1. The first-order chi connectivity index (χ1) is 12.0. The molecule has 134 valence electrons. The van der Waals surface area contributed by atoms with Crippen LogP contribution in [0.15, 0.2) is 24.3 Å². The molecule has 25 heavy (non-hydrogen) atoms. The van der Waals surface area contributed by atoms with E-state index in [4.69, 9.17) is 16.3 Å². The van der Waals surface area contributed by atoms with Crippen molar-refractivity contribution in [3.8, 4) is 0 Å². The third-order valence-electron chi connectivity index (χ3n) is 5.63. The summed E-state index contributed by atoms with van der Waals surface area (Å²) < 4.78 is 5.72. The highest BCUT2D eigenvalue weighted by atomic mass is 35.5. The fourth-order valence-electron chi connectivity index (χ4n) is 4.35. The number of anilines is 1. The Morgan fingerprint density at radius 1 is 1.00 bits per heavy atom. The molecule has 3 aliphatic heterocycles. The number of carbonyl (C=O) groups is 2. The van der Waals surface area contributed by atoms with Crippen LogP contribution in [-0.2, 0) is 14.3 Å². The van der Waals surface area contributed by atoms with E-state index in [0.717, 1.165) is 31.6 Å². The molecule has 0 aliphatic carbocycles. The van der Waals surface area contributed by atoms with Crippen molar-refractivity contribution in [2.75, 3.05) is 31.1 Å². The van der Waals surface area contributed by atoms with Crippen LogP contribution in [0, 0.1) is 11.8 Å². The number of carboxylic acid groups (broad SMARTS) is 1. The average Bonchev–Trinajstić information content (AvgIpc) is 3.23. The van der Waals surface area contributed by atoms with E-state index < -0.39 is 17.8 Å². The number of halogens is 1. The Morgan fingerprint density at radius 3 is 2.20 bits per heavy atom. The molecular formula is C18H21ClN2O4. The van der Waals surface area contributed by atoms with Crippen LogP contribution in [0.25, 0.3) is 0 Å². The van der Waals surface area contributed by atoms with Gasteiger partial charge in [-0.3, -0.25) is 9.59 Å². The topological polar surface area (TPSA) is 70.1 Å². The summed E-state index contributed by atoms with van der Waals surface area (Å²) in [6.07, 6.45) is 1.01. The summed E-state index contributed by atoms with van der Waals surface area (Å²) in [5.41, 5.74) is 1.09. The van der Waals surface area contributed by atoms with Crippen molar-refractivity contribution in [1.29, 1.82) is 0 Å². The predicted octanol–water partition coefficient (Wildman–Crippen LogP) is 1.87. The molecule has 4 rings (SSSR count). The van der Waals surface area contributed by atoms with Gasteiger partial charge in [-0.25, -0.2) is 0 Å². The van der Waals surface area contributed by atoms with Gasteiger partial charge in [0, 0.05) is 36.9 Å². The summed E-state index contributed by atoms with van der Waals surface area (Å²) in [4.78, 5) is 28.5. The highest BCUT2D eigenvalue weighted by Crippen LogP contribution is 2.44. The SMILES string of the molecule is O=C(O)[C@@H]1[C@H](C(=O)N2CCN(c3ccc(Cl)cc3)CC2)[C@@H]2CC[C@@H]1O2. The van der Waals surface area contributed by atoms with Gasteiger partial charge in [0.05, 0.1) is 24.0 Å². The van der Waals surface area contributed by atoms with E-state index in [0.29, 0.717) is 18.1 Å². The lowest BCUT2D eigenvalue weighted by Gasteiger charge is -2.38. The number of aliphatic carboxylic acids is 1. The molecule has 1 amide bonds. The first kappa shape index (κ1) is 16.7. The quantitative estimate of drug-likeness (QED) is 0.886. The van der Waals surface area contributed by atoms with Crippen molar-refractivity contribution in [2.24, 2.45) is 11.8 Å². The van der Waals surface area contributed by atoms with Gasteiger partial charge < -0.3 is 19.6 Å². The van der Waals surface area contributed by atoms with E-state index >= 15 is 0 Å². The Hall–Kier alpha value is -1.79. The molecule has 3 aliphatic rings. The van der Waals surface area contributed by atoms with E-state index in [2.05, 4.69) is 4.90 Å². The molecule has 6 nitrogen and oxygen atoms in total. The molecule has 0 spiro atoms. The minimum absolute atomic E-state index is 0.0599. The van der Waals surface area contributed by atoms with Gasteiger partial charge in [0.1, 0.15) is 0 Å². The Kier molecular flexibility index (Phi) is 4.33. The first-order valence-electron chi connectivity index (χ1n) is 8.72. The molecule has 0 radical (unpaired) electrons. The minimum atomic E-state index is -0.912. The lowest BCUT2D eigenvalue weighted by molar-refractivity contribution is -0.151. The number of nitrogens with zero attached hydrogens (tertiary/aromatic N) is 2. The van der Waals surface area contributed by atoms with Crippen molar-refractivity contribution in [3.05, 3.63) is 29.3 Å². The molecule has 3 heterocycles. The van der Waals surface area contributed by atoms with Gasteiger partial charge in [0.15, 0.2) is 0 Å². The van der Waals surface area contributed by atoms with Crippen LogP contribution in [0.1, 0.15) is 12.8 Å². The lowest BCUT2D eigenvalue weighted by atomic mass is 9.78. The summed E-state index contributed by atoms with van der Waals surface area (Å²) in [6, 6.07) is 7.67. The molecule has 1 N–H and O–H groups in total. The summed E-state index contributed by atoms with van der Waals surface area (Å²) in [5, 5.41) is 10.2. The molecular weight excluding hydrogens is 344 g/mol. The maximum atomic E-state index is 12.9. The van der Waals surface area contributed by atoms with Crippen LogP contribution in [0.5, 0.6) is 0 Å². The zero-order valence-corrected chi connectivity index (χ0v) is 14.6. The van der Waals surface area contributed by atoms with Gasteiger partial charge in [0.2, 0.25) is 5.91 Å². The standard InChI is InChI=1S/C18H21ClN2O4/c19-11-1-3-12(4-2-11)20-7-9-21(10-8-20)17(22)15-13-5-6-14(25-13)16(15)18(23)24/h1-4,13-16H,5-10H2,(H,23,24)/t13-,14-,15+,16-/m0/s1. The van der Waals surface area contributed by atoms with Crippen molar-refractivity contribution < 1.29 is 19.4 Å². The zero-order chi connectivity index (χ0) is 17.6. The van der Waals surface area contributed by atoms with E-state index in [1.165, 1.54) is 0 Å². The molecule has 7 heteroatoms. The van der Waals surface area contributed by atoms with E-state index in [1.54, 1.807) is 4.90 Å². The largest absolute Gasteiger partial charge is 0.481 e. The summed E-state index contributed by atoms with van der Waals surface area (Å²) in [6.45, 7) is 2.66.